The summed E-state index contributed by atoms with van der Waals surface area (Å²) in [6, 6.07) is 5.71. The first-order chi connectivity index (χ1) is 11.0. The molecule has 1 aliphatic rings. The average molecular weight is 326 g/mol. The minimum Gasteiger partial charge on any atom is -0.460 e. The molecule has 0 fully saturated rings. The predicted octanol–water partition coefficient (Wildman–Crippen LogP) is 3.41. The first-order valence-corrected chi connectivity index (χ1v) is 7.97. The van der Waals surface area contributed by atoms with Gasteiger partial charge in [-0.1, -0.05) is 0 Å². The topological polar surface area (TPSA) is 74.3 Å². The molecule has 0 saturated carbocycles. The fourth-order valence-electron chi connectivity index (χ4n) is 2.61. The zero-order chi connectivity index (χ0) is 16.7. The van der Waals surface area contributed by atoms with E-state index >= 15 is 0 Å². The molecule has 0 atom stereocenters. The molecular weight excluding hydrogens is 312 g/mol. The van der Waals surface area contributed by atoms with E-state index in [9.17, 15) is 14.9 Å². The Bertz CT molecular complexity index is 905. The first-order valence-electron chi connectivity index (χ1n) is 7.15. The van der Waals surface area contributed by atoms with Gasteiger partial charge < -0.3 is 4.42 Å². The van der Waals surface area contributed by atoms with E-state index in [0.29, 0.717) is 11.1 Å². The lowest BCUT2D eigenvalue weighted by Crippen LogP contribution is -2.42. The number of nitriles is 1. The lowest BCUT2D eigenvalue weighted by molar-refractivity contribution is -0.140. The Morgan fingerprint density at radius 2 is 2.04 bits per heavy atom. The molecule has 0 N–H and O–H groups in total. The summed E-state index contributed by atoms with van der Waals surface area (Å²) in [5.41, 5.74) is 1.60. The van der Waals surface area contributed by atoms with Gasteiger partial charge in [0.25, 0.3) is 11.8 Å². The van der Waals surface area contributed by atoms with E-state index in [0.717, 1.165) is 25.8 Å². The van der Waals surface area contributed by atoms with E-state index in [-0.39, 0.29) is 18.0 Å². The normalized spacial score (nSPS) is 17.5. The smallest absolute Gasteiger partial charge is 0.271 e. The number of rotatable bonds is 2. The van der Waals surface area contributed by atoms with Gasteiger partial charge in [-0.15, -0.1) is 11.3 Å². The van der Waals surface area contributed by atoms with Crippen LogP contribution in [0.5, 0.6) is 0 Å². The molecule has 23 heavy (non-hydrogen) atoms. The van der Waals surface area contributed by atoms with Crippen LogP contribution in [0.4, 0.5) is 0 Å². The second-order valence-electron chi connectivity index (χ2n) is 5.26. The van der Waals surface area contributed by atoms with Crippen LogP contribution < -0.4 is 0 Å². The molecule has 0 unspecified atom stereocenters. The summed E-state index contributed by atoms with van der Waals surface area (Å²) in [6.45, 7) is 5.46. The molecule has 0 radical (unpaired) electrons. The summed E-state index contributed by atoms with van der Waals surface area (Å²) in [7, 11) is 0. The van der Waals surface area contributed by atoms with E-state index in [2.05, 4.69) is 0 Å². The minimum atomic E-state index is -0.523. The third-order valence-corrected chi connectivity index (χ3v) is 4.79. The van der Waals surface area contributed by atoms with E-state index in [1.165, 1.54) is 11.3 Å². The summed E-state index contributed by atoms with van der Waals surface area (Å²) in [5.74, 6) is -0.0507. The van der Waals surface area contributed by atoms with Crippen LogP contribution in [0, 0.1) is 18.3 Å². The Morgan fingerprint density at radius 1 is 1.30 bits per heavy atom. The molecule has 116 valence electrons. The van der Waals surface area contributed by atoms with Crippen LogP contribution in [-0.4, -0.2) is 23.3 Å². The zero-order valence-corrected chi connectivity index (χ0v) is 13.8. The lowest BCUT2D eigenvalue weighted by Gasteiger charge is -2.26. The van der Waals surface area contributed by atoms with Crippen LogP contribution in [0.3, 0.4) is 0 Å². The quantitative estimate of drug-likeness (QED) is 0.626. The fourth-order valence-corrected chi connectivity index (χ4v) is 3.63. The van der Waals surface area contributed by atoms with Gasteiger partial charge in [0.1, 0.15) is 23.0 Å². The molecule has 0 bridgehead atoms. The second kappa shape index (κ2) is 5.52. The number of hydrogen-bond acceptors (Lipinski definition) is 5. The van der Waals surface area contributed by atoms with Crippen molar-refractivity contribution in [3.05, 3.63) is 39.5 Å². The van der Waals surface area contributed by atoms with Crippen LogP contribution >= 0.6 is 11.3 Å². The molecule has 0 spiro atoms. The highest BCUT2D eigenvalue weighted by Crippen LogP contribution is 2.33. The molecular formula is C17H14N2O3S. The van der Waals surface area contributed by atoms with Crippen molar-refractivity contribution in [1.29, 1.82) is 5.26 Å². The van der Waals surface area contributed by atoms with E-state index < -0.39 is 5.91 Å². The number of aryl methyl sites for hydroxylation is 1. The third-order valence-electron chi connectivity index (χ3n) is 3.78. The second-order valence-corrected chi connectivity index (χ2v) is 6.37. The van der Waals surface area contributed by atoms with Crippen molar-refractivity contribution < 1.29 is 14.0 Å². The van der Waals surface area contributed by atoms with E-state index in [1.54, 1.807) is 19.9 Å². The number of amides is 2. The maximum atomic E-state index is 12.5. The number of nitrogens with zero attached hydrogens (tertiary/aromatic N) is 2. The highest BCUT2D eigenvalue weighted by Gasteiger charge is 2.34. The molecule has 2 aromatic heterocycles. The van der Waals surface area contributed by atoms with Gasteiger partial charge in [-0.3, -0.25) is 14.5 Å². The van der Waals surface area contributed by atoms with Crippen molar-refractivity contribution in [3.8, 4) is 6.07 Å². The van der Waals surface area contributed by atoms with Gasteiger partial charge in [-0.05, 0) is 44.6 Å². The Morgan fingerprint density at radius 3 is 2.65 bits per heavy atom. The van der Waals surface area contributed by atoms with Gasteiger partial charge in [0.2, 0.25) is 0 Å². The molecule has 5 nitrogen and oxygen atoms in total. The molecule has 2 aromatic rings. The molecule has 3 rings (SSSR count). The number of thiophene rings is 1. The van der Waals surface area contributed by atoms with Crippen LogP contribution in [0.25, 0.3) is 16.4 Å². The van der Waals surface area contributed by atoms with Gasteiger partial charge in [0, 0.05) is 17.0 Å². The molecule has 0 saturated heterocycles. The van der Waals surface area contributed by atoms with Crippen LogP contribution in [0.2, 0.25) is 0 Å². The lowest BCUT2D eigenvalue weighted by atomic mass is 9.95. The Labute approximate surface area is 137 Å². The van der Waals surface area contributed by atoms with E-state index in [1.807, 2.05) is 25.1 Å². The largest absolute Gasteiger partial charge is 0.460 e. The summed E-state index contributed by atoms with van der Waals surface area (Å²) in [4.78, 5) is 26.6. The number of likely N-dealkylation sites (N-methyl/N-ethyl adjacent to an activating group) is 1. The van der Waals surface area contributed by atoms with Crippen molar-refractivity contribution in [1.82, 2.24) is 4.90 Å². The SMILES string of the molecule is CCN1C(=O)C(C#N)=C(C)/C(=C/c2cc3oc(C)cc3s2)C1=O. The molecule has 0 aromatic carbocycles. The van der Waals surface area contributed by atoms with Gasteiger partial charge in [0.15, 0.2) is 0 Å². The van der Waals surface area contributed by atoms with Gasteiger partial charge in [0.05, 0.1) is 4.70 Å². The maximum absolute atomic E-state index is 12.5. The fraction of sp³-hybridized carbons (Fsp3) is 0.235. The van der Waals surface area contributed by atoms with Crippen LogP contribution in [0.15, 0.2) is 33.3 Å². The summed E-state index contributed by atoms with van der Waals surface area (Å²) < 4.78 is 6.56. The average Bonchev–Trinajstić information content (AvgIpc) is 3.01. The van der Waals surface area contributed by atoms with Crippen molar-refractivity contribution in [2.75, 3.05) is 6.54 Å². The molecule has 6 heteroatoms. The Hall–Kier alpha value is -2.65. The van der Waals surface area contributed by atoms with Gasteiger partial charge >= 0.3 is 0 Å². The predicted molar refractivity (Wildman–Crippen MR) is 87.5 cm³/mol. The first kappa shape index (κ1) is 15.3. The summed E-state index contributed by atoms with van der Waals surface area (Å²) >= 11 is 1.50. The number of furan rings is 1. The van der Waals surface area contributed by atoms with Crippen LogP contribution in [-0.2, 0) is 9.59 Å². The standard InChI is InChI=1S/C17H14N2O3S/c1-4-19-16(20)12(10(3)13(8-18)17(19)21)6-11-7-14-15(23-11)5-9(2)22-14/h5-7H,4H2,1-3H3/b12-6-. The van der Waals surface area contributed by atoms with Crippen molar-refractivity contribution in [2.45, 2.75) is 20.8 Å². The maximum Gasteiger partial charge on any atom is 0.271 e. The molecule has 1 aliphatic heterocycles. The van der Waals surface area contributed by atoms with Gasteiger partial charge in [-0.2, -0.15) is 5.26 Å². The summed E-state index contributed by atoms with van der Waals surface area (Å²) in [5, 5.41) is 9.22. The highest BCUT2D eigenvalue weighted by molar-refractivity contribution is 7.19. The van der Waals surface area contributed by atoms with Crippen LogP contribution in [0.1, 0.15) is 24.5 Å². The number of fused-ring (bicyclic) bond motifs is 1. The third kappa shape index (κ3) is 2.39. The number of carbonyl (C=O) groups excluding carboxylic acids is 2. The van der Waals surface area contributed by atoms with Crippen molar-refractivity contribution >= 4 is 39.5 Å². The molecule has 0 aliphatic carbocycles. The van der Waals surface area contributed by atoms with Gasteiger partial charge in [-0.25, -0.2) is 0 Å². The minimum absolute atomic E-state index is 0.0220. The zero-order valence-electron chi connectivity index (χ0n) is 13.0. The number of hydrogen-bond donors (Lipinski definition) is 0. The van der Waals surface area contributed by atoms with E-state index in [4.69, 9.17) is 4.42 Å². The molecule has 2 amide bonds. The van der Waals surface area contributed by atoms with Crippen molar-refractivity contribution in [2.24, 2.45) is 0 Å². The highest BCUT2D eigenvalue weighted by atomic mass is 32.1. The number of carbonyl (C=O) groups is 2. The summed E-state index contributed by atoms with van der Waals surface area (Å²) in [6.07, 6.45) is 1.72. The molecule has 3 heterocycles. The van der Waals surface area contributed by atoms with Crippen molar-refractivity contribution in [3.63, 3.8) is 0 Å². The Balaban J connectivity index is 2.13. The Kier molecular flexibility index (Phi) is 3.66. The number of imide groups is 1. The monoisotopic (exact) mass is 326 g/mol.